The van der Waals surface area contributed by atoms with Crippen LogP contribution >= 0.6 is 12.2 Å². The molecule has 1 amide bonds. The molecule has 0 spiro atoms. The molecule has 0 radical (unpaired) electrons. The lowest BCUT2D eigenvalue weighted by Crippen LogP contribution is -2.51. The van der Waals surface area contributed by atoms with Crippen molar-refractivity contribution in [3.8, 4) is 5.75 Å². The van der Waals surface area contributed by atoms with E-state index < -0.39 is 6.10 Å². The van der Waals surface area contributed by atoms with Gasteiger partial charge in [0.1, 0.15) is 5.75 Å². The van der Waals surface area contributed by atoms with Crippen molar-refractivity contribution in [3.05, 3.63) is 29.3 Å². The van der Waals surface area contributed by atoms with Crippen LogP contribution in [-0.4, -0.2) is 36.4 Å². The summed E-state index contributed by atoms with van der Waals surface area (Å²) in [5.41, 5.74) is 7.98. The van der Waals surface area contributed by atoms with Crippen molar-refractivity contribution in [1.29, 1.82) is 0 Å². The van der Waals surface area contributed by atoms with E-state index in [4.69, 9.17) is 21.7 Å². The summed E-state index contributed by atoms with van der Waals surface area (Å²) in [5.74, 6) is 0.448. The molecule has 1 aromatic rings. The van der Waals surface area contributed by atoms with Crippen molar-refractivity contribution in [1.82, 2.24) is 16.2 Å². The van der Waals surface area contributed by atoms with E-state index in [1.807, 2.05) is 12.1 Å². The lowest BCUT2D eigenvalue weighted by atomic mass is 10.1. The molecule has 2 aliphatic rings. The molecule has 1 aliphatic carbocycles. The molecule has 0 saturated carbocycles. The van der Waals surface area contributed by atoms with Crippen molar-refractivity contribution in [2.75, 3.05) is 13.2 Å². The second-order valence-electron chi connectivity index (χ2n) is 6.50. The summed E-state index contributed by atoms with van der Waals surface area (Å²) in [6.07, 6.45) is 5.10. The van der Waals surface area contributed by atoms with Crippen molar-refractivity contribution in [3.63, 3.8) is 0 Å². The fraction of sp³-hybridized carbons (Fsp3) is 0.556. The molecule has 3 N–H and O–H groups in total. The molecule has 1 fully saturated rings. The van der Waals surface area contributed by atoms with E-state index in [-0.39, 0.29) is 12.0 Å². The maximum absolute atomic E-state index is 12.1. The number of carbonyl (C=O) groups excluding carboxylic acids is 1. The lowest BCUT2D eigenvalue weighted by Gasteiger charge is -2.18. The van der Waals surface area contributed by atoms with Gasteiger partial charge < -0.3 is 14.8 Å². The first-order chi connectivity index (χ1) is 12.1. The minimum Gasteiger partial charge on any atom is -0.481 e. The first-order valence-corrected chi connectivity index (χ1v) is 9.26. The van der Waals surface area contributed by atoms with Gasteiger partial charge in [-0.3, -0.25) is 15.6 Å². The number of benzene rings is 1. The smallest absolute Gasteiger partial charge is 0.279 e. The van der Waals surface area contributed by atoms with Crippen molar-refractivity contribution in [2.45, 2.75) is 51.2 Å². The molecule has 1 heterocycles. The Hall–Kier alpha value is -1.86. The summed E-state index contributed by atoms with van der Waals surface area (Å²) in [4.78, 5) is 12.1. The van der Waals surface area contributed by atoms with Gasteiger partial charge in [0.2, 0.25) is 0 Å². The van der Waals surface area contributed by atoms with Crippen LogP contribution in [0.1, 0.15) is 37.3 Å². The quantitative estimate of drug-likeness (QED) is 0.545. The predicted molar refractivity (Wildman–Crippen MR) is 99.4 cm³/mol. The van der Waals surface area contributed by atoms with Crippen molar-refractivity contribution < 1.29 is 14.3 Å². The average molecular weight is 363 g/mol. The SMILES string of the molecule is C[C@@H](Oc1ccc2c(c1)CCC2)C(=O)NNC(=S)NC[C@@H]1CCCO1. The number of ether oxygens (including phenoxy) is 2. The van der Waals surface area contributed by atoms with Gasteiger partial charge in [0.15, 0.2) is 11.2 Å². The largest absolute Gasteiger partial charge is 0.481 e. The van der Waals surface area contributed by atoms with Gasteiger partial charge in [0, 0.05) is 13.2 Å². The van der Waals surface area contributed by atoms with Crippen LogP contribution in [0.4, 0.5) is 0 Å². The van der Waals surface area contributed by atoms with Gasteiger partial charge in [-0.05, 0) is 74.5 Å². The van der Waals surface area contributed by atoms with E-state index in [1.54, 1.807) is 6.92 Å². The number of carbonyl (C=O) groups is 1. The third kappa shape index (κ3) is 5.06. The van der Waals surface area contributed by atoms with Crippen LogP contribution in [0.5, 0.6) is 5.75 Å². The Morgan fingerprint density at radius 2 is 2.16 bits per heavy atom. The first kappa shape index (κ1) is 17.9. The molecule has 0 aromatic heterocycles. The molecule has 3 rings (SSSR count). The van der Waals surface area contributed by atoms with Crippen LogP contribution < -0.4 is 20.9 Å². The molecule has 0 unspecified atom stereocenters. The van der Waals surface area contributed by atoms with Gasteiger partial charge in [-0.2, -0.15) is 0 Å². The van der Waals surface area contributed by atoms with E-state index >= 15 is 0 Å². The number of thiocarbonyl (C=S) groups is 1. The van der Waals surface area contributed by atoms with Crippen LogP contribution in [0.25, 0.3) is 0 Å². The Morgan fingerprint density at radius 3 is 2.96 bits per heavy atom. The number of aryl methyl sites for hydroxylation is 2. The third-order valence-corrected chi connectivity index (χ3v) is 4.81. The molecule has 7 heteroatoms. The Kier molecular flexibility index (Phi) is 6.09. The number of fused-ring (bicyclic) bond motifs is 1. The van der Waals surface area contributed by atoms with Gasteiger partial charge in [0.25, 0.3) is 5.91 Å². The van der Waals surface area contributed by atoms with Gasteiger partial charge >= 0.3 is 0 Å². The zero-order valence-electron chi connectivity index (χ0n) is 14.5. The number of rotatable bonds is 5. The minimum absolute atomic E-state index is 0.192. The third-order valence-electron chi connectivity index (χ3n) is 4.57. The second kappa shape index (κ2) is 8.49. The standard InChI is InChI=1S/C18H25N3O3S/c1-12(24-15-8-7-13-4-2-5-14(13)10-15)17(22)20-21-18(25)19-11-16-6-3-9-23-16/h7-8,10,12,16H,2-6,9,11H2,1H3,(H,20,22)(H2,19,21,25)/t12-,16+/m1/s1. The first-order valence-electron chi connectivity index (χ1n) is 8.85. The number of nitrogens with one attached hydrogen (secondary N) is 3. The molecule has 25 heavy (non-hydrogen) atoms. The van der Waals surface area contributed by atoms with E-state index in [1.165, 1.54) is 17.5 Å². The summed E-state index contributed by atoms with van der Waals surface area (Å²) >= 11 is 5.14. The Balaban J connectivity index is 1.39. The zero-order chi connectivity index (χ0) is 17.6. The highest BCUT2D eigenvalue weighted by atomic mass is 32.1. The number of amides is 1. The van der Waals surface area contributed by atoms with Gasteiger partial charge in [-0.25, -0.2) is 0 Å². The molecule has 1 saturated heterocycles. The highest BCUT2D eigenvalue weighted by molar-refractivity contribution is 7.80. The predicted octanol–water partition coefficient (Wildman–Crippen LogP) is 1.62. The monoisotopic (exact) mass is 363 g/mol. The molecular weight excluding hydrogens is 338 g/mol. The Labute approximate surface area is 153 Å². The normalized spacial score (nSPS) is 19.8. The summed E-state index contributed by atoms with van der Waals surface area (Å²) in [5, 5.41) is 3.41. The van der Waals surface area contributed by atoms with Crippen molar-refractivity contribution in [2.24, 2.45) is 0 Å². The fourth-order valence-electron chi connectivity index (χ4n) is 3.16. The van der Waals surface area contributed by atoms with Crippen LogP contribution in [0.2, 0.25) is 0 Å². The Morgan fingerprint density at radius 1 is 1.32 bits per heavy atom. The molecule has 136 valence electrons. The molecule has 6 nitrogen and oxygen atoms in total. The molecule has 1 aliphatic heterocycles. The highest BCUT2D eigenvalue weighted by Crippen LogP contribution is 2.26. The maximum atomic E-state index is 12.1. The van der Waals surface area contributed by atoms with Crippen LogP contribution in [0, 0.1) is 0 Å². The summed E-state index contributed by atoms with van der Waals surface area (Å²) in [6.45, 7) is 3.16. The van der Waals surface area contributed by atoms with Crippen LogP contribution in [-0.2, 0) is 22.4 Å². The summed E-state index contributed by atoms with van der Waals surface area (Å²) < 4.78 is 11.2. The highest BCUT2D eigenvalue weighted by Gasteiger charge is 2.18. The fourth-order valence-corrected chi connectivity index (χ4v) is 3.29. The topological polar surface area (TPSA) is 71.6 Å². The minimum atomic E-state index is -0.618. The number of hydrogen-bond acceptors (Lipinski definition) is 4. The molecule has 0 bridgehead atoms. The van der Waals surface area contributed by atoms with Crippen LogP contribution in [0.3, 0.4) is 0 Å². The van der Waals surface area contributed by atoms with Crippen molar-refractivity contribution >= 4 is 23.2 Å². The molecule has 2 atom stereocenters. The van der Waals surface area contributed by atoms with E-state index in [0.29, 0.717) is 11.7 Å². The van der Waals surface area contributed by atoms with E-state index in [2.05, 4.69) is 22.2 Å². The van der Waals surface area contributed by atoms with Gasteiger partial charge in [0.05, 0.1) is 6.10 Å². The van der Waals surface area contributed by atoms with E-state index in [9.17, 15) is 4.79 Å². The molecular formula is C18H25N3O3S. The molecule has 1 aromatic carbocycles. The van der Waals surface area contributed by atoms with Crippen LogP contribution in [0.15, 0.2) is 18.2 Å². The summed E-state index contributed by atoms with van der Waals surface area (Å²) in [7, 11) is 0. The second-order valence-corrected chi connectivity index (χ2v) is 6.91. The lowest BCUT2D eigenvalue weighted by molar-refractivity contribution is -0.127. The average Bonchev–Trinajstić information content (AvgIpc) is 3.28. The summed E-state index contributed by atoms with van der Waals surface area (Å²) in [6, 6.07) is 6.05. The Bertz CT molecular complexity index is 632. The maximum Gasteiger partial charge on any atom is 0.279 e. The van der Waals surface area contributed by atoms with Gasteiger partial charge in [-0.1, -0.05) is 6.07 Å². The van der Waals surface area contributed by atoms with Gasteiger partial charge in [-0.15, -0.1) is 0 Å². The number of hydrogen-bond donors (Lipinski definition) is 3. The van der Waals surface area contributed by atoms with E-state index in [0.717, 1.165) is 38.0 Å². The zero-order valence-corrected chi connectivity index (χ0v) is 15.3. The number of hydrazine groups is 1.